The Morgan fingerprint density at radius 1 is 1.71 bits per heavy atom. The van der Waals surface area contributed by atoms with Crippen molar-refractivity contribution < 1.29 is 14.3 Å². The first kappa shape index (κ1) is 12.0. The Labute approximate surface area is 98.0 Å². The van der Waals surface area contributed by atoms with Crippen LogP contribution >= 0.6 is 0 Å². The summed E-state index contributed by atoms with van der Waals surface area (Å²) < 4.78 is 12.8. The standard InChI is InChI=1S/C10H15FN4O2/c11-7-4-13-9(14-5-7)15-3-1-2-10(12,6-15)8(16)17/h1-2,4,9,13-14H,3,5-6,12H2,(H,16,17). The van der Waals surface area contributed by atoms with E-state index in [4.69, 9.17) is 10.8 Å². The number of halogens is 1. The summed E-state index contributed by atoms with van der Waals surface area (Å²) in [6.07, 6.45) is 4.17. The summed E-state index contributed by atoms with van der Waals surface area (Å²) in [5.74, 6) is -1.36. The van der Waals surface area contributed by atoms with Crippen molar-refractivity contribution in [2.24, 2.45) is 5.73 Å². The van der Waals surface area contributed by atoms with Crippen LogP contribution in [0, 0.1) is 0 Å². The molecular formula is C10H15FN4O2. The van der Waals surface area contributed by atoms with E-state index >= 15 is 0 Å². The van der Waals surface area contributed by atoms with Gasteiger partial charge in [-0.05, 0) is 0 Å². The SMILES string of the molecule is NC1(C(=O)O)C=CCN(C2NC=C(F)CN2)C1. The zero-order chi connectivity index (χ0) is 12.5. The number of nitrogens with one attached hydrogen (secondary N) is 2. The summed E-state index contributed by atoms with van der Waals surface area (Å²) in [6.45, 7) is 0.855. The lowest BCUT2D eigenvalue weighted by molar-refractivity contribution is -0.142. The Balaban J connectivity index is 2.05. The second-order valence-electron chi connectivity index (χ2n) is 4.22. The van der Waals surface area contributed by atoms with Crippen LogP contribution in [-0.4, -0.2) is 47.4 Å². The summed E-state index contributed by atoms with van der Waals surface area (Å²) >= 11 is 0. The second kappa shape index (κ2) is 4.44. The molecule has 0 amide bonds. The van der Waals surface area contributed by atoms with Crippen LogP contribution in [0.5, 0.6) is 0 Å². The van der Waals surface area contributed by atoms with Crippen molar-refractivity contribution in [2.75, 3.05) is 19.6 Å². The van der Waals surface area contributed by atoms with Crippen molar-refractivity contribution in [2.45, 2.75) is 11.8 Å². The van der Waals surface area contributed by atoms with E-state index < -0.39 is 11.5 Å². The van der Waals surface area contributed by atoms with E-state index in [0.29, 0.717) is 6.54 Å². The van der Waals surface area contributed by atoms with Crippen molar-refractivity contribution in [1.29, 1.82) is 0 Å². The minimum Gasteiger partial charge on any atom is -0.480 e. The fourth-order valence-electron chi connectivity index (χ4n) is 1.90. The minimum atomic E-state index is -1.39. The lowest BCUT2D eigenvalue weighted by Crippen LogP contribution is -2.64. The van der Waals surface area contributed by atoms with Crippen LogP contribution in [0.25, 0.3) is 0 Å². The maximum atomic E-state index is 12.8. The number of aliphatic carboxylic acids is 1. The second-order valence-corrected chi connectivity index (χ2v) is 4.22. The van der Waals surface area contributed by atoms with Gasteiger partial charge < -0.3 is 16.2 Å². The minimum absolute atomic E-state index is 0.128. The van der Waals surface area contributed by atoms with E-state index in [9.17, 15) is 9.18 Å². The van der Waals surface area contributed by atoms with Gasteiger partial charge in [-0.25, -0.2) is 9.18 Å². The van der Waals surface area contributed by atoms with Gasteiger partial charge in [-0.3, -0.25) is 10.2 Å². The molecular weight excluding hydrogens is 227 g/mol. The molecule has 2 rings (SSSR count). The normalized spacial score (nSPS) is 34.0. The highest BCUT2D eigenvalue weighted by Crippen LogP contribution is 2.14. The van der Waals surface area contributed by atoms with Crippen molar-refractivity contribution in [3.63, 3.8) is 0 Å². The van der Waals surface area contributed by atoms with Crippen LogP contribution in [0.4, 0.5) is 4.39 Å². The highest BCUT2D eigenvalue weighted by atomic mass is 19.1. The average molecular weight is 242 g/mol. The first-order valence-corrected chi connectivity index (χ1v) is 5.29. The van der Waals surface area contributed by atoms with E-state index in [1.165, 1.54) is 12.3 Å². The zero-order valence-electron chi connectivity index (χ0n) is 9.19. The Hall–Kier alpha value is -1.44. The van der Waals surface area contributed by atoms with Crippen LogP contribution in [0.2, 0.25) is 0 Å². The monoisotopic (exact) mass is 242 g/mol. The average Bonchev–Trinajstić information content (AvgIpc) is 2.30. The van der Waals surface area contributed by atoms with Crippen LogP contribution in [0.3, 0.4) is 0 Å². The summed E-state index contributed by atoms with van der Waals surface area (Å²) in [5.41, 5.74) is 4.37. The summed E-state index contributed by atoms with van der Waals surface area (Å²) in [7, 11) is 0. The number of carboxylic acid groups (broad SMARTS) is 1. The largest absolute Gasteiger partial charge is 0.480 e. The molecule has 0 aromatic rings. The van der Waals surface area contributed by atoms with Gasteiger partial charge >= 0.3 is 5.97 Å². The van der Waals surface area contributed by atoms with Gasteiger partial charge in [0, 0.05) is 19.3 Å². The highest BCUT2D eigenvalue weighted by Gasteiger charge is 2.37. The topological polar surface area (TPSA) is 90.6 Å². The first-order valence-electron chi connectivity index (χ1n) is 5.29. The number of hydrogen-bond donors (Lipinski definition) is 4. The predicted molar refractivity (Wildman–Crippen MR) is 59.4 cm³/mol. The summed E-state index contributed by atoms with van der Waals surface area (Å²) in [4.78, 5) is 12.8. The smallest absolute Gasteiger partial charge is 0.329 e. The van der Waals surface area contributed by atoms with Crippen LogP contribution < -0.4 is 16.4 Å². The van der Waals surface area contributed by atoms with Crippen molar-refractivity contribution >= 4 is 5.97 Å². The molecule has 0 aliphatic carbocycles. The molecule has 5 N–H and O–H groups in total. The number of nitrogens with zero attached hydrogens (tertiary/aromatic N) is 1. The zero-order valence-corrected chi connectivity index (χ0v) is 9.19. The predicted octanol–water partition coefficient (Wildman–Crippen LogP) is -1.07. The lowest BCUT2D eigenvalue weighted by atomic mass is 9.97. The van der Waals surface area contributed by atoms with Crippen LogP contribution in [0.1, 0.15) is 0 Å². The maximum absolute atomic E-state index is 12.8. The molecule has 0 aromatic heterocycles. The molecule has 0 bridgehead atoms. The Kier molecular flexibility index (Phi) is 3.14. The molecule has 2 unspecified atom stereocenters. The van der Waals surface area contributed by atoms with E-state index in [1.807, 2.05) is 0 Å². The first-order chi connectivity index (χ1) is 8.01. The molecule has 2 aliphatic rings. The molecule has 0 fully saturated rings. The molecule has 0 radical (unpaired) electrons. The number of carbonyl (C=O) groups is 1. The number of carboxylic acids is 1. The van der Waals surface area contributed by atoms with Crippen molar-refractivity contribution in [1.82, 2.24) is 15.5 Å². The Morgan fingerprint density at radius 2 is 2.47 bits per heavy atom. The third-order valence-electron chi connectivity index (χ3n) is 2.85. The summed E-state index contributed by atoms with van der Waals surface area (Å²) in [5, 5.41) is 14.8. The molecule has 7 heteroatoms. The van der Waals surface area contributed by atoms with Gasteiger partial charge in [-0.2, -0.15) is 0 Å². The third kappa shape index (κ3) is 2.46. The van der Waals surface area contributed by atoms with E-state index in [0.717, 1.165) is 0 Å². The molecule has 0 spiro atoms. The number of nitrogens with two attached hydrogens (primary N) is 1. The Morgan fingerprint density at radius 3 is 3.06 bits per heavy atom. The molecule has 0 aromatic carbocycles. The molecule has 6 nitrogen and oxygen atoms in total. The molecule has 0 saturated heterocycles. The van der Waals surface area contributed by atoms with E-state index in [2.05, 4.69) is 10.6 Å². The molecule has 17 heavy (non-hydrogen) atoms. The van der Waals surface area contributed by atoms with Gasteiger partial charge in [-0.15, -0.1) is 0 Å². The third-order valence-corrected chi connectivity index (χ3v) is 2.85. The number of hydrogen-bond acceptors (Lipinski definition) is 5. The quantitative estimate of drug-likeness (QED) is 0.461. The van der Waals surface area contributed by atoms with Crippen molar-refractivity contribution in [3.8, 4) is 0 Å². The highest BCUT2D eigenvalue weighted by molar-refractivity contribution is 5.81. The van der Waals surface area contributed by atoms with E-state index in [-0.39, 0.29) is 25.2 Å². The van der Waals surface area contributed by atoms with Gasteiger partial charge in [0.05, 0.1) is 6.54 Å². The van der Waals surface area contributed by atoms with Crippen molar-refractivity contribution in [3.05, 3.63) is 24.2 Å². The molecule has 2 aliphatic heterocycles. The van der Waals surface area contributed by atoms with Crippen LogP contribution in [0.15, 0.2) is 24.2 Å². The Bertz CT molecular complexity index is 385. The summed E-state index contributed by atoms with van der Waals surface area (Å²) in [6, 6.07) is 0. The van der Waals surface area contributed by atoms with Gasteiger partial charge in [0.25, 0.3) is 0 Å². The molecule has 2 atom stereocenters. The fourth-order valence-corrected chi connectivity index (χ4v) is 1.90. The van der Waals surface area contributed by atoms with Gasteiger partial charge in [0.15, 0.2) is 0 Å². The fraction of sp³-hybridized carbons (Fsp3) is 0.500. The lowest BCUT2D eigenvalue weighted by Gasteiger charge is -2.39. The maximum Gasteiger partial charge on any atom is 0.329 e. The van der Waals surface area contributed by atoms with Gasteiger partial charge in [0.2, 0.25) is 0 Å². The van der Waals surface area contributed by atoms with Gasteiger partial charge in [0.1, 0.15) is 17.7 Å². The van der Waals surface area contributed by atoms with Crippen LogP contribution in [-0.2, 0) is 4.79 Å². The molecule has 94 valence electrons. The molecule has 2 heterocycles. The van der Waals surface area contributed by atoms with Gasteiger partial charge in [-0.1, -0.05) is 12.2 Å². The molecule has 0 saturated carbocycles. The number of rotatable bonds is 2. The van der Waals surface area contributed by atoms with E-state index in [1.54, 1.807) is 11.0 Å².